The van der Waals surface area contributed by atoms with Crippen molar-refractivity contribution in [2.75, 3.05) is 25.4 Å². The molecule has 22 heavy (non-hydrogen) atoms. The standard InChI is InChI=1S/C19H30NOP/c1-16(2)17-8-10-19(11-9-17)22(21)14-12-20(13-15-22)18-6-4-3-5-7-18/h8-11,16,18H,3-7,12-15H2,1-2H3. The maximum Gasteiger partial charge on any atom is 0.118 e. The van der Waals surface area contributed by atoms with Gasteiger partial charge in [-0.05, 0) is 24.3 Å². The highest BCUT2D eigenvalue weighted by Crippen LogP contribution is 2.47. The molecule has 1 aromatic carbocycles. The molecule has 1 aliphatic carbocycles. The molecule has 1 aromatic rings. The van der Waals surface area contributed by atoms with Gasteiger partial charge >= 0.3 is 0 Å². The molecule has 1 saturated carbocycles. The second-order valence-electron chi connectivity index (χ2n) is 7.41. The summed E-state index contributed by atoms with van der Waals surface area (Å²) in [5.74, 6) is 0.545. The molecule has 1 aliphatic heterocycles. The fourth-order valence-electron chi connectivity index (χ4n) is 4.00. The first-order valence-corrected chi connectivity index (χ1v) is 11.1. The van der Waals surface area contributed by atoms with Crippen LogP contribution in [0.4, 0.5) is 0 Å². The normalized spacial score (nSPS) is 23.8. The lowest BCUT2D eigenvalue weighted by Crippen LogP contribution is -2.44. The quantitative estimate of drug-likeness (QED) is 0.767. The summed E-state index contributed by atoms with van der Waals surface area (Å²) in [5, 5.41) is 1.11. The molecule has 2 aliphatic rings. The maximum absolute atomic E-state index is 13.3. The Hall–Kier alpha value is -0.590. The predicted molar refractivity (Wildman–Crippen MR) is 96.0 cm³/mol. The molecule has 0 amide bonds. The van der Waals surface area contributed by atoms with Gasteiger partial charge in [-0.2, -0.15) is 0 Å². The molecule has 0 bridgehead atoms. The van der Waals surface area contributed by atoms with Gasteiger partial charge in [0.05, 0.1) is 0 Å². The third-order valence-corrected chi connectivity index (χ3v) is 8.70. The average molecular weight is 319 g/mol. The molecule has 122 valence electrons. The molecule has 3 rings (SSSR count). The number of rotatable bonds is 3. The number of hydrogen-bond donors (Lipinski definition) is 0. The lowest BCUT2D eigenvalue weighted by Gasteiger charge is -2.39. The topological polar surface area (TPSA) is 20.3 Å². The van der Waals surface area contributed by atoms with E-state index < -0.39 is 7.14 Å². The second kappa shape index (κ2) is 6.89. The van der Waals surface area contributed by atoms with E-state index in [1.165, 1.54) is 37.7 Å². The van der Waals surface area contributed by atoms with E-state index in [9.17, 15) is 4.57 Å². The van der Waals surface area contributed by atoms with Gasteiger partial charge in [0.2, 0.25) is 0 Å². The van der Waals surface area contributed by atoms with Crippen LogP contribution < -0.4 is 5.30 Å². The fraction of sp³-hybridized carbons (Fsp3) is 0.684. The zero-order chi connectivity index (χ0) is 15.6. The van der Waals surface area contributed by atoms with Crippen LogP contribution in [0.2, 0.25) is 0 Å². The Morgan fingerprint density at radius 2 is 1.59 bits per heavy atom. The zero-order valence-electron chi connectivity index (χ0n) is 14.1. The van der Waals surface area contributed by atoms with Gasteiger partial charge in [0.15, 0.2) is 0 Å². The Morgan fingerprint density at radius 1 is 1.00 bits per heavy atom. The van der Waals surface area contributed by atoms with Crippen LogP contribution in [-0.4, -0.2) is 36.4 Å². The molecular formula is C19H30NOP. The summed E-state index contributed by atoms with van der Waals surface area (Å²) in [4.78, 5) is 2.62. The third-order valence-electron chi connectivity index (χ3n) is 5.62. The van der Waals surface area contributed by atoms with E-state index in [1.807, 2.05) is 0 Å². The van der Waals surface area contributed by atoms with Gasteiger partial charge in [-0.1, -0.05) is 57.4 Å². The van der Waals surface area contributed by atoms with E-state index in [1.54, 1.807) is 0 Å². The SMILES string of the molecule is CC(C)c1ccc(P2(=O)CCN(C3CCCCC3)CC2)cc1. The smallest absolute Gasteiger partial charge is 0.118 e. The van der Waals surface area contributed by atoms with Crippen molar-refractivity contribution in [3.05, 3.63) is 29.8 Å². The van der Waals surface area contributed by atoms with E-state index in [-0.39, 0.29) is 0 Å². The molecule has 0 spiro atoms. The summed E-state index contributed by atoms with van der Waals surface area (Å²) >= 11 is 0. The summed E-state index contributed by atoms with van der Waals surface area (Å²) in [6, 6.07) is 9.38. The van der Waals surface area contributed by atoms with Crippen LogP contribution in [0.1, 0.15) is 57.4 Å². The van der Waals surface area contributed by atoms with Crippen LogP contribution in [0.5, 0.6) is 0 Å². The van der Waals surface area contributed by atoms with Crippen LogP contribution in [0.25, 0.3) is 0 Å². The summed E-state index contributed by atoms with van der Waals surface area (Å²) in [7, 11) is -2.15. The number of hydrogen-bond acceptors (Lipinski definition) is 2. The van der Waals surface area contributed by atoms with Gasteiger partial charge in [-0.15, -0.1) is 0 Å². The summed E-state index contributed by atoms with van der Waals surface area (Å²) < 4.78 is 13.3. The molecule has 0 unspecified atom stereocenters. The lowest BCUT2D eigenvalue weighted by molar-refractivity contribution is 0.168. The van der Waals surface area contributed by atoms with Crippen molar-refractivity contribution in [2.24, 2.45) is 0 Å². The van der Waals surface area contributed by atoms with Crippen LogP contribution in [0, 0.1) is 0 Å². The van der Waals surface area contributed by atoms with Crippen LogP contribution in [0.3, 0.4) is 0 Å². The summed E-state index contributed by atoms with van der Waals surface area (Å²) in [6.07, 6.45) is 8.64. The Morgan fingerprint density at radius 3 is 2.14 bits per heavy atom. The Labute approximate surface area is 135 Å². The van der Waals surface area contributed by atoms with E-state index in [4.69, 9.17) is 0 Å². The average Bonchev–Trinajstić information content (AvgIpc) is 2.56. The van der Waals surface area contributed by atoms with Crippen molar-refractivity contribution in [2.45, 2.75) is 57.9 Å². The molecule has 0 radical (unpaired) electrons. The van der Waals surface area contributed by atoms with Crippen LogP contribution in [-0.2, 0) is 4.57 Å². The van der Waals surface area contributed by atoms with Crippen molar-refractivity contribution in [1.29, 1.82) is 0 Å². The fourth-order valence-corrected chi connectivity index (χ4v) is 6.60. The molecule has 1 heterocycles. The van der Waals surface area contributed by atoms with Crippen LogP contribution in [0.15, 0.2) is 24.3 Å². The van der Waals surface area contributed by atoms with Gasteiger partial charge in [0.25, 0.3) is 0 Å². The molecular weight excluding hydrogens is 289 g/mol. The van der Waals surface area contributed by atoms with Gasteiger partial charge < -0.3 is 4.57 Å². The molecule has 0 N–H and O–H groups in total. The lowest BCUT2D eigenvalue weighted by atomic mass is 9.94. The zero-order valence-corrected chi connectivity index (χ0v) is 15.0. The Balaban J connectivity index is 1.64. The summed E-state index contributed by atoms with van der Waals surface area (Å²) in [6.45, 7) is 6.49. The van der Waals surface area contributed by atoms with Gasteiger partial charge in [0, 0.05) is 36.8 Å². The Bertz CT molecular complexity index is 519. The largest absolute Gasteiger partial charge is 0.319 e. The van der Waals surface area contributed by atoms with Crippen molar-refractivity contribution in [3.63, 3.8) is 0 Å². The van der Waals surface area contributed by atoms with E-state index in [2.05, 4.69) is 43.0 Å². The van der Waals surface area contributed by atoms with Gasteiger partial charge in [-0.25, -0.2) is 0 Å². The minimum absolute atomic E-state index is 0.545. The molecule has 2 fully saturated rings. The second-order valence-corrected chi connectivity index (χ2v) is 10.6. The highest BCUT2D eigenvalue weighted by molar-refractivity contribution is 7.71. The van der Waals surface area contributed by atoms with Crippen molar-refractivity contribution < 1.29 is 4.57 Å². The van der Waals surface area contributed by atoms with Gasteiger partial charge in [0.1, 0.15) is 7.14 Å². The van der Waals surface area contributed by atoms with Crippen LogP contribution >= 0.6 is 7.14 Å². The molecule has 0 aromatic heterocycles. The van der Waals surface area contributed by atoms with Crippen molar-refractivity contribution in [1.82, 2.24) is 4.90 Å². The van der Waals surface area contributed by atoms with Crippen molar-refractivity contribution in [3.8, 4) is 0 Å². The van der Waals surface area contributed by atoms with Crippen molar-refractivity contribution >= 4 is 12.4 Å². The van der Waals surface area contributed by atoms with E-state index in [0.717, 1.165) is 36.8 Å². The molecule has 0 atom stereocenters. The Kier molecular flexibility index (Phi) is 5.10. The first-order valence-electron chi connectivity index (χ1n) is 9.01. The molecule has 2 nitrogen and oxygen atoms in total. The summed E-state index contributed by atoms with van der Waals surface area (Å²) in [5.41, 5.74) is 1.34. The molecule has 3 heteroatoms. The van der Waals surface area contributed by atoms with Gasteiger partial charge in [-0.3, -0.25) is 4.90 Å². The first kappa shape index (κ1) is 16.3. The highest BCUT2D eigenvalue weighted by atomic mass is 31.2. The maximum atomic E-state index is 13.3. The van der Waals surface area contributed by atoms with E-state index >= 15 is 0 Å². The molecule has 1 saturated heterocycles. The number of benzene rings is 1. The first-order chi connectivity index (χ1) is 10.6. The minimum Gasteiger partial charge on any atom is -0.319 e. The minimum atomic E-state index is -2.15. The van der Waals surface area contributed by atoms with E-state index in [0.29, 0.717) is 5.92 Å². The predicted octanol–water partition coefficient (Wildman–Crippen LogP) is 4.45. The number of nitrogens with zero attached hydrogens (tertiary/aromatic N) is 1. The third kappa shape index (κ3) is 3.49. The monoisotopic (exact) mass is 319 g/mol. The highest BCUT2D eigenvalue weighted by Gasteiger charge is 2.33.